The van der Waals surface area contributed by atoms with Gasteiger partial charge < -0.3 is 4.84 Å². The van der Waals surface area contributed by atoms with Crippen LogP contribution in [0.25, 0.3) is 10.6 Å². The predicted molar refractivity (Wildman–Crippen MR) is 94.6 cm³/mol. The fourth-order valence-electron chi connectivity index (χ4n) is 2.58. The van der Waals surface area contributed by atoms with Crippen molar-refractivity contribution in [3.8, 4) is 10.6 Å². The van der Waals surface area contributed by atoms with E-state index in [1.807, 2.05) is 31.2 Å². The third kappa shape index (κ3) is 2.68. The van der Waals surface area contributed by atoms with E-state index in [-0.39, 0.29) is 16.8 Å². The Morgan fingerprint density at radius 1 is 1.00 bits per heavy atom. The molecule has 0 saturated heterocycles. The Morgan fingerprint density at radius 3 is 2.23 bits per heavy atom. The van der Waals surface area contributed by atoms with Crippen molar-refractivity contribution in [3.63, 3.8) is 0 Å². The van der Waals surface area contributed by atoms with Crippen LogP contribution in [0.5, 0.6) is 0 Å². The summed E-state index contributed by atoms with van der Waals surface area (Å²) in [5.74, 6) is -2.17. The quantitative estimate of drug-likeness (QED) is 0.665. The molecule has 0 N–H and O–H groups in total. The summed E-state index contributed by atoms with van der Waals surface area (Å²) in [7, 11) is 0. The Bertz CT molecular complexity index is 1000. The van der Waals surface area contributed by atoms with Crippen LogP contribution in [0.1, 0.15) is 36.8 Å². The normalized spacial score (nSPS) is 13.0. The Kier molecular flexibility index (Phi) is 3.85. The largest absolute Gasteiger partial charge is 0.383 e. The maximum absolute atomic E-state index is 12.3. The van der Waals surface area contributed by atoms with Crippen LogP contribution in [0.15, 0.2) is 53.9 Å². The summed E-state index contributed by atoms with van der Waals surface area (Å²) in [5, 5.41) is 2.67. The molecule has 0 unspecified atom stereocenters. The van der Waals surface area contributed by atoms with Crippen molar-refractivity contribution >= 4 is 29.1 Å². The van der Waals surface area contributed by atoms with Gasteiger partial charge in [-0.2, -0.15) is 0 Å². The number of hydrogen-bond acceptors (Lipinski definition) is 6. The van der Waals surface area contributed by atoms with Crippen molar-refractivity contribution in [1.29, 1.82) is 0 Å². The lowest BCUT2D eigenvalue weighted by Crippen LogP contribution is -2.32. The number of aromatic nitrogens is 1. The van der Waals surface area contributed by atoms with Gasteiger partial charge in [0.05, 0.1) is 11.1 Å². The van der Waals surface area contributed by atoms with Gasteiger partial charge in [-0.05, 0) is 19.1 Å². The minimum Gasteiger partial charge on any atom is -0.322 e. The van der Waals surface area contributed by atoms with E-state index in [2.05, 4.69) is 4.98 Å². The summed E-state index contributed by atoms with van der Waals surface area (Å²) in [6, 6.07) is 14.0. The van der Waals surface area contributed by atoms with Gasteiger partial charge in [0.1, 0.15) is 5.01 Å². The van der Waals surface area contributed by atoms with Crippen LogP contribution in [-0.2, 0) is 4.84 Å². The van der Waals surface area contributed by atoms with E-state index < -0.39 is 17.8 Å². The van der Waals surface area contributed by atoms with Crippen molar-refractivity contribution in [2.45, 2.75) is 6.92 Å². The number of hydrogen-bond donors (Lipinski definition) is 0. The van der Waals surface area contributed by atoms with Crippen LogP contribution in [-0.4, -0.2) is 27.8 Å². The van der Waals surface area contributed by atoms with E-state index in [9.17, 15) is 14.4 Å². The molecule has 0 spiro atoms. The smallest absolute Gasteiger partial charge is 0.322 e. The molecule has 0 atom stereocenters. The zero-order valence-corrected chi connectivity index (χ0v) is 14.4. The molecule has 2 aromatic carbocycles. The predicted octanol–water partition coefficient (Wildman–Crippen LogP) is 3.49. The van der Waals surface area contributed by atoms with E-state index >= 15 is 0 Å². The molecule has 26 heavy (non-hydrogen) atoms. The SMILES string of the molecule is Cc1ccc(-c2nc(C(=O)ON3C(=O)c4ccccc4C3=O)cs2)cc1. The first-order chi connectivity index (χ1) is 12.5. The average Bonchev–Trinajstić information content (AvgIpc) is 3.23. The Labute approximate surface area is 152 Å². The molecule has 7 heteroatoms. The zero-order valence-electron chi connectivity index (χ0n) is 13.6. The Balaban J connectivity index is 1.54. The molecule has 0 aliphatic carbocycles. The molecule has 4 rings (SSSR count). The topological polar surface area (TPSA) is 76.6 Å². The minimum atomic E-state index is -0.853. The summed E-state index contributed by atoms with van der Waals surface area (Å²) in [5.41, 5.74) is 2.46. The average molecular weight is 364 g/mol. The Morgan fingerprint density at radius 2 is 1.62 bits per heavy atom. The van der Waals surface area contributed by atoms with E-state index in [0.29, 0.717) is 10.1 Å². The second-order valence-corrected chi connectivity index (χ2v) is 6.59. The maximum atomic E-state index is 12.3. The van der Waals surface area contributed by atoms with Gasteiger partial charge in [-0.1, -0.05) is 47.0 Å². The third-order valence-electron chi connectivity index (χ3n) is 3.94. The molecule has 0 radical (unpaired) electrons. The van der Waals surface area contributed by atoms with E-state index in [0.717, 1.165) is 11.1 Å². The van der Waals surface area contributed by atoms with Gasteiger partial charge in [0.25, 0.3) is 11.8 Å². The van der Waals surface area contributed by atoms with Crippen molar-refractivity contribution in [2.75, 3.05) is 0 Å². The molecule has 2 heterocycles. The molecule has 0 saturated carbocycles. The second kappa shape index (κ2) is 6.20. The van der Waals surface area contributed by atoms with Crippen molar-refractivity contribution in [3.05, 3.63) is 76.3 Å². The Hall–Kier alpha value is -3.32. The number of rotatable bonds is 3. The van der Waals surface area contributed by atoms with Crippen molar-refractivity contribution < 1.29 is 19.2 Å². The maximum Gasteiger partial charge on any atom is 0.383 e. The number of fused-ring (bicyclic) bond motifs is 1. The minimum absolute atomic E-state index is 0.0436. The number of imide groups is 1. The zero-order chi connectivity index (χ0) is 18.3. The summed E-state index contributed by atoms with van der Waals surface area (Å²) in [6.07, 6.45) is 0. The van der Waals surface area contributed by atoms with Crippen molar-refractivity contribution in [1.82, 2.24) is 10.0 Å². The van der Waals surface area contributed by atoms with Crippen molar-refractivity contribution in [2.24, 2.45) is 0 Å². The number of aryl methyl sites for hydroxylation is 1. The highest BCUT2D eigenvalue weighted by Gasteiger charge is 2.39. The number of carbonyl (C=O) groups is 3. The number of carbonyl (C=O) groups excluding carboxylic acids is 3. The lowest BCUT2D eigenvalue weighted by molar-refractivity contribution is -0.0587. The van der Waals surface area contributed by atoms with Crippen LogP contribution in [0.4, 0.5) is 0 Å². The number of thiazole rings is 1. The molecule has 0 fully saturated rings. The van der Waals surface area contributed by atoms with E-state index in [4.69, 9.17) is 4.84 Å². The van der Waals surface area contributed by atoms with Gasteiger partial charge in [-0.25, -0.2) is 9.78 Å². The monoisotopic (exact) mass is 364 g/mol. The lowest BCUT2D eigenvalue weighted by Gasteiger charge is -2.11. The fraction of sp³-hybridized carbons (Fsp3) is 0.0526. The molecule has 1 aromatic heterocycles. The highest BCUT2D eigenvalue weighted by Crippen LogP contribution is 2.26. The number of hydroxylamine groups is 2. The summed E-state index contributed by atoms with van der Waals surface area (Å²) >= 11 is 1.28. The van der Waals surface area contributed by atoms with Crippen LogP contribution < -0.4 is 0 Å². The highest BCUT2D eigenvalue weighted by atomic mass is 32.1. The van der Waals surface area contributed by atoms with Gasteiger partial charge in [0.15, 0.2) is 5.69 Å². The number of nitrogens with zero attached hydrogens (tertiary/aromatic N) is 2. The molecule has 3 aromatic rings. The molecular weight excluding hydrogens is 352 g/mol. The first-order valence-electron chi connectivity index (χ1n) is 7.77. The van der Waals surface area contributed by atoms with Crippen LogP contribution in [0.3, 0.4) is 0 Å². The van der Waals surface area contributed by atoms with Gasteiger partial charge in [0.2, 0.25) is 0 Å². The molecule has 128 valence electrons. The molecule has 6 nitrogen and oxygen atoms in total. The first-order valence-corrected chi connectivity index (χ1v) is 8.65. The summed E-state index contributed by atoms with van der Waals surface area (Å²) in [6.45, 7) is 1.98. The van der Waals surface area contributed by atoms with Crippen LogP contribution in [0.2, 0.25) is 0 Å². The first kappa shape index (κ1) is 16.2. The third-order valence-corrected chi connectivity index (χ3v) is 4.83. The van der Waals surface area contributed by atoms with Gasteiger partial charge >= 0.3 is 5.97 Å². The van der Waals surface area contributed by atoms with Crippen LogP contribution in [0, 0.1) is 6.92 Å². The number of amides is 2. The van der Waals surface area contributed by atoms with Crippen LogP contribution >= 0.6 is 11.3 Å². The second-order valence-electron chi connectivity index (χ2n) is 5.73. The number of benzene rings is 2. The molecule has 0 bridgehead atoms. The molecule has 2 amide bonds. The van der Waals surface area contributed by atoms with Gasteiger partial charge in [-0.15, -0.1) is 11.3 Å². The summed E-state index contributed by atoms with van der Waals surface area (Å²) in [4.78, 5) is 46.1. The van der Waals surface area contributed by atoms with E-state index in [1.54, 1.807) is 12.1 Å². The lowest BCUT2D eigenvalue weighted by atomic mass is 10.1. The highest BCUT2D eigenvalue weighted by molar-refractivity contribution is 7.13. The van der Waals surface area contributed by atoms with Gasteiger partial charge in [-0.3, -0.25) is 9.59 Å². The molecular formula is C19H12N2O4S. The summed E-state index contributed by atoms with van der Waals surface area (Å²) < 4.78 is 0. The fourth-order valence-corrected chi connectivity index (χ4v) is 3.37. The van der Waals surface area contributed by atoms with E-state index in [1.165, 1.54) is 28.8 Å². The van der Waals surface area contributed by atoms with Gasteiger partial charge in [0, 0.05) is 10.9 Å². The molecule has 1 aliphatic rings. The standard InChI is InChI=1S/C19H12N2O4S/c1-11-6-8-12(9-7-11)16-20-15(10-26-16)19(24)25-21-17(22)13-4-2-3-5-14(13)18(21)23/h2-10H,1H3. The molecule has 1 aliphatic heterocycles.